The van der Waals surface area contributed by atoms with E-state index in [1.54, 1.807) is 0 Å². The van der Waals surface area contributed by atoms with Crippen molar-refractivity contribution in [3.63, 3.8) is 0 Å². The Bertz CT molecular complexity index is 2660. The topological polar surface area (TPSA) is 59.9 Å². The summed E-state index contributed by atoms with van der Waals surface area (Å²) in [5.41, 5.74) is 9.33. The number of sulfone groups is 1. The zero-order chi connectivity index (χ0) is 33.9. The first-order chi connectivity index (χ1) is 25.0. The van der Waals surface area contributed by atoms with Crippen molar-refractivity contribution in [3.05, 3.63) is 145 Å². The first-order valence-electron chi connectivity index (χ1n) is 18.3. The van der Waals surface area contributed by atoms with Gasteiger partial charge in [0, 0.05) is 16.5 Å². The Morgan fingerprint density at radius 1 is 0.471 bits per heavy atom. The number of hydrogen-bond acceptors (Lipinski definition) is 4. The Morgan fingerprint density at radius 3 is 1.71 bits per heavy atom. The molecule has 5 aliphatic rings. The van der Waals surface area contributed by atoms with E-state index in [0.29, 0.717) is 21.6 Å². The van der Waals surface area contributed by atoms with Crippen LogP contribution in [0, 0.1) is 23.7 Å². The quantitative estimate of drug-likeness (QED) is 0.186. The predicted molar refractivity (Wildman–Crippen MR) is 203 cm³/mol. The van der Waals surface area contributed by atoms with Gasteiger partial charge >= 0.3 is 0 Å². The van der Waals surface area contributed by atoms with Crippen molar-refractivity contribution in [3.8, 4) is 33.6 Å². The summed E-state index contributed by atoms with van der Waals surface area (Å²) < 4.78 is 29.0. The van der Waals surface area contributed by atoms with E-state index in [-0.39, 0.29) is 5.41 Å². The van der Waals surface area contributed by atoms with Gasteiger partial charge in [-0.2, -0.15) is 0 Å². The third kappa shape index (κ3) is 4.22. The molecule has 51 heavy (non-hydrogen) atoms. The molecule has 12 rings (SSSR count). The van der Waals surface area contributed by atoms with Crippen LogP contribution in [-0.2, 0) is 15.3 Å². The molecular weight excluding hydrogens is 645 g/mol. The fourth-order valence-electron chi connectivity index (χ4n) is 11.0. The molecule has 0 atom stereocenters. The highest BCUT2D eigenvalue weighted by molar-refractivity contribution is 7.91. The van der Waals surface area contributed by atoms with Crippen molar-refractivity contribution < 1.29 is 8.42 Å². The van der Waals surface area contributed by atoms with Crippen molar-refractivity contribution in [2.45, 2.75) is 47.3 Å². The minimum absolute atomic E-state index is 0.215. The fourth-order valence-corrected chi connectivity index (χ4v) is 12.8. The molecule has 1 spiro atoms. The molecule has 4 fully saturated rings. The summed E-state index contributed by atoms with van der Waals surface area (Å²) in [5.74, 6) is 2.59. The maximum Gasteiger partial charge on any atom is 0.207 e. The summed E-state index contributed by atoms with van der Waals surface area (Å²) in [7, 11) is -3.67. The molecule has 4 aliphatic carbocycles. The van der Waals surface area contributed by atoms with E-state index < -0.39 is 9.84 Å². The largest absolute Gasteiger partial charge is 0.244 e. The van der Waals surface area contributed by atoms with Gasteiger partial charge in [0.1, 0.15) is 0 Å². The average Bonchev–Trinajstić information content (AvgIpc) is 3.17. The fraction of sp³-hybridized carbons (Fsp3) is 0.217. The molecule has 1 aromatic heterocycles. The first kappa shape index (κ1) is 29.6. The molecule has 1 aliphatic heterocycles. The lowest BCUT2D eigenvalue weighted by atomic mass is 9.42. The molecule has 248 valence electrons. The second-order valence-electron chi connectivity index (χ2n) is 15.4. The average molecular weight is 681 g/mol. The maximum atomic E-state index is 14.5. The number of aromatic nitrogens is 2. The highest BCUT2D eigenvalue weighted by Crippen LogP contribution is 2.68. The zero-order valence-corrected chi connectivity index (χ0v) is 29.0. The van der Waals surface area contributed by atoms with Crippen LogP contribution in [-0.4, -0.2) is 18.4 Å². The van der Waals surface area contributed by atoms with Gasteiger partial charge in [0.25, 0.3) is 0 Å². The molecule has 7 aromatic rings. The molecule has 0 radical (unpaired) electrons. The molecule has 2 heterocycles. The summed E-state index contributed by atoms with van der Waals surface area (Å²) in [4.78, 5) is 11.2. The number of para-hydroxylation sites is 2. The second-order valence-corrected chi connectivity index (χ2v) is 17.3. The monoisotopic (exact) mass is 680 g/mol. The smallest absolute Gasteiger partial charge is 0.207 e. The Balaban J connectivity index is 1.03. The Kier molecular flexibility index (Phi) is 6.20. The number of nitrogens with zero attached hydrogens (tertiary/aromatic N) is 2. The zero-order valence-electron chi connectivity index (χ0n) is 28.2. The molecule has 0 amide bonds. The van der Waals surface area contributed by atoms with Crippen LogP contribution in [0.4, 0.5) is 0 Å². The highest BCUT2D eigenvalue weighted by atomic mass is 32.2. The van der Waals surface area contributed by atoms with E-state index >= 15 is 0 Å². The van der Waals surface area contributed by atoms with Crippen LogP contribution in [0.3, 0.4) is 0 Å². The number of rotatable bonds is 3. The lowest BCUT2D eigenvalue weighted by Gasteiger charge is -2.63. The minimum Gasteiger partial charge on any atom is -0.244 e. The third-order valence-electron chi connectivity index (χ3n) is 12.8. The van der Waals surface area contributed by atoms with Gasteiger partial charge in [-0.15, -0.1) is 0 Å². The Labute approximate surface area is 298 Å². The van der Waals surface area contributed by atoms with Crippen molar-refractivity contribution in [1.82, 2.24) is 9.97 Å². The van der Waals surface area contributed by atoms with Gasteiger partial charge in [-0.05, 0) is 125 Å². The minimum atomic E-state index is -3.67. The predicted octanol–water partition coefficient (Wildman–Crippen LogP) is 10.7. The molecule has 0 unspecified atom stereocenters. The second kappa shape index (κ2) is 10.7. The summed E-state index contributed by atoms with van der Waals surface area (Å²) >= 11 is 0. The lowest BCUT2D eigenvalue weighted by Crippen LogP contribution is -2.57. The summed E-state index contributed by atoms with van der Waals surface area (Å²) in [6.07, 6.45) is 6.22. The van der Waals surface area contributed by atoms with Gasteiger partial charge < -0.3 is 0 Å². The van der Waals surface area contributed by atoms with Crippen molar-refractivity contribution in [2.75, 3.05) is 0 Å². The van der Waals surface area contributed by atoms with Gasteiger partial charge in [0.15, 0.2) is 0 Å². The van der Waals surface area contributed by atoms with Gasteiger partial charge in [-0.25, -0.2) is 18.4 Å². The summed E-state index contributed by atoms with van der Waals surface area (Å²) in [5, 5.41) is 2.19. The van der Waals surface area contributed by atoms with Crippen molar-refractivity contribution in [2.24, 2.45) is 23.7 Å². The van der Waals surface area contributed by atoms with Crippen LogP contribution in [0.15, 0.2) is 143 Å². The van der Waals surface area contributed by atoms with Crippen LogP contribution in [0.1, 0.15) is 43.2 Å². The molecule has 4 nitrogen and oxygen atoms in total. The SMILES string of the molecule is O=S1(=O)c2ccccc2C2(c3ccc(-c4ccc5cc(-c6nc7ccccc7nc6-c6ccccc6)ccc5c4)cc31)C1CC3CC(C1)CC2C3. The molecule has 4 bridgehead atoms. The lowest BCUT2D eigenvalue weighted by molar-refractivity contribution is -0.0446. The first-order valence-corrected chi connectivity index (χ1v) is 19.8. The third-order valence-corrected chi connectivity index (χ3v) is 14.7. The Hall–Kier alpha value is -5.13. The van der Waals surface area contributed by atoms with Gasteiger partial charge in [0.2, 0.25) is 9.84 Å². The van der Waals surface area contributed by atoms with Crippen LogP contribution in [0.2, 0.25) is 0 Å². The van der Waals surface area contributed by atoms with E-state index in [1.165, 1.54) is 32.1 Å². The molecule has 4 saturated carbocycles. The van der Waals surface area contributed by atoms with E-state index in [0.717, 1.165) is 78.4 Å². The number of hydrogen-bond donors (Lipinski definition) is 0. The molecular formula is C46H36N2O2S. The van der Waals surface area contributed by atoms with Gasteiger partial charge in [-0.3, -0.25) is 0 Å². The van der Waals surface area contributed by atoms with Crippen LogP contribution in [0.25, 0.3) is 55.4 Å². The molecule has 5 heteroatoms. The van der Waals surface area contributed by atoms with Crippen molar-refractivity contribution >= 4 is 31.6 Å². The van der Waals surface area contributed by atoms with Crippen molar-refractivity contribution in [1.29, 1.82) is 0 Å². The van der Waals surface area contributed by atoms with Gasteiger partial charge in [-0.1, -0.05) is 97.1 Å². The molecule has 0 saturated heterocycles. The molecule has 0 N–H and O–H groups in total. The molecule has 6 aromatic carbocycles. The summed E-state index contributed by atoms with van der Waals surface area (Å²) in [6, 6.07) is 45.5. The summed E-state index contributed by atoms with van der Waals surface area (Å²) in [6.45, 7) is 0. The van der Waals surface area contributed by atoms with E-state index in [9.17, 15) is 8.42 Å². The highest BCUT2D eigenvalue weighted by Gasteiger charge is 2.62. The van der Waals surface area contributed by atoms with Gasteiger partial charge in [0.05, 0.1) is 32.2 Å². The number of fused-ring (bicyclic) bond motifs is 4. The van der Waals surface area contributed by atoms with E-state index in [2.05, 4.69) is 72.8 Å². The number of benzene rings is 6. The Morgan fingerprint density at radius 2 is 1.00 bits per heavy atom. The van der Waals surface area contributed by atoms with Crippen LogP contribution >= 0.6 is 0 Å². The maximum absolute atomic E-state index is 14.5. The van der Waals surface area contributed by atoms with Crippen LogP contribution < -0.4 is 0 Å². The normalized spacial score (nSPS) is 25.3. The standard InChI is InChI=1S/C46H36N2O2S/c49-51(50)42-13-7-4-10-38(42)46(36-21-28-20-29(23-36)24-37(46)22-28)39-19-18-34(27-43(39)51)32-14-15-33-26-35(17-16-31(33)25-32)45-44(30-8-2-1-3-9-30)47-40-11-5-6-12-41(40)48-45/h1-19,25-29,36-37H,20-24H2. The van der Waals surface area contributed by atoms with Crippen LogP contribution in [0.5, 0.6) is 0 Å². The van der Waals surface area contributed by atoms with E-state index in [1.807, 2.05) is 60.7 Å². The van der Waals surface area contributed by atoms with E-state index in [4.69, 9.17) is 9.97 Å².